The predicted molar refractivity (Wildman–Crippen MR) is 67.4 cm³/mol. The van der Waals surface area contributed by atoms with Crippen LogP contribution in [0.4, 0.5) is 0 Å². The van der Waals surface area contributed by atoms with E-state index >= 15 is 0 Å². The Bertz CT molecular complexity index is 255. The van der Waals surface area contributed by atoms with Gasteiger partial charge in [-0.15, -0.1) is 0 Å². The molecule has 98 valence electrons. The number of hydrogen-bond acceptors (Lipinski definition) is 3. The molecule has 0 spiro atoms. The van der Waals surface area contributed by atoms with E-state index in [-0.39, 0.29) is 0 Å². The Labute approximate surface area is 98.7 Å². The molecule has 6 heteroatoms. The molecule has 0 atom stereocenters. The van der Waals surface area contributed by atoms with E-state index in [4.69, 9.17) is 15.7 Å². The van der Waals surface area contributed by atoms with Crippen LogP contribution in [0.25, 0.3) is 0 Å². The molecule has 4 N–H and O–H groups in total. The summed E-state index contributed by atoms with van der Waals surface area (Å²) < 4.78 is 25.9. The van der Waals surface area contributed by atoms with Crippen molar-refractivity contribution in [3.8, 4) is 0 Å². The minimum atomic E-state index is -3.67. The average molecular weight is 252 g/mol. The highest BCUT2D eigenvalue weighted by molar-refractivity contribution is 7.85. The summed E-state index contributed by atoms with van der Waals surface area (Å²) in [5.74, 6) is 0.334. The molecule has 0 heterocycles. The van der Waals surface area contributed by atoms with Crippen molar-refractivity contribution in [2.75, 3.05) is 6.26 Å². The maximum Gasteiger partial charge on any atom is 0.261 e. The highest BCUT2D eigenvalue weighted by Gasteiger charge is 1.91. The summed E-state index contributed by atoms with van der Waals surface area (Å²) >= 11 is 0. The van der Waals surface area contributed by atoms with Gasteiger partial charge in [0.25, 0.3) is 10.1 Å². The van der Waals surface area contributed by atoms with Crippen LogP contribution in [0.5, 0.6) is 0 Å². The van der Waals surface area contributed by atoms with Gasteiger partial charge in [-0.05, 0) is 6.42 Å². The molecule has 0 aliphatic carbocycles. The van der Waals surface area contributed by atoms with Crippen LogP contribution < -0.4 is 5.73 Å². The summed E-state index contributed by atoms with van der Waals surface area (Å²) in [5.41, 5.74) is 5.22. The Hall–Kier alpha value is -0.620. The fourth-order valence-electron chi connectivity index (χ4n) is 1.10. The molecule has 0 rings (SSSR count). The molecule has 0 amide bonds. The molecule has 0 bridgehead atoms. The highest BCUT2D eigenvalue weighted by atomic mass is 32.2. The monoisotopic (exact) mass is 252 g/mol. The van der Waals surface area contributed by atoms with Gasteiger partial charge in [-0.1, -0.05) is 39.0 Å². The van der Waals surface area contributed by atoms with Crippen LogP contribution in [0.2, 0.25) is 0 Å². The second-order valence-corrected chi connectivity index (χ2v) is 5.24. The summed E-state index contributed by atoms with van der Waals surface area (Å²) in [5, 5.41) is 6.99. The normalized spacial score (nSPS) is 10.4. The average Bonchev–Trinajstić information content (AvgIpc) is 2.08. The van der Waals surface area contributed by atoms with Crippen LogP contribution in [-0.2, 0) is 10.1 Å². The molecule has 0 aromatic heterocycles. The van der Waals surface area contributed by atoms with E-state index < -0.39 is 10.1 Å². The number of unbranched alkanes of at least 4 members (excludes halogenated alkanes) is 5. The minimum absolute atomic E-state index is 0.334. The van der Waals surface area contributed by atoms with Crippen LogP contribution in [0.3, 0.4) is 0 Å². The summed E-state index contributed by atoms with van der Waals surface area (Å²) in [6.45, 7) is 2.22. The van der Waals surface area contributed by atoms with Crippen LogP contribution >= 0.6 is 0 Å². The molecule has 5 nitrogen and oxygen atoms in total. The van der Waals surface area contributed by atoms with E-state index in [1.807, 2.05) is 0 Å². The molecule has 0 aliphatic rings. The summed E-state index contributed by atoms with van der Waals surface area (Å²) in [7, 11) is -3.67. The first kappa shape index (κ1) is 17.8. The molecule has 16 heavy (non-hydrogen) atoms. The topological polar surface area (TPSA) is 104 Å². The molecule has 0 unspecified atom stereocenters. The molecular weight excluding hydrogens is 228 g/mol. The fraction of sp³-hybridized carbons (Fsp3) is 0.900. The zero-order chi connectivity index (χ0) is 13.0. The lowest BCUT2D eigenvalue weighted by Gasteiger charge is -1.98. The number of rotatable bonds is 7. The molecular formula is C10H24N2O3S. The maximum atomic E-state index is 9.19. The molecule has 0 saturated heterocycles. The first-order valence-corrected chi connectivity index (χ1v) is 7.37. The van der Waals surface area contributed by atoms with Crippen molar-refractivity contribution in [1.82, 2.24) is 0 Å². The third-order valence-electron chi connectivity index (χ3n) is 1.80. The van der Waals surface area contributed by atoms with Gasteiger partial charge in [0.05, 0.1) is 12.1 Å². The standard InChI is InChI=1S/C9H20N2.CH4O3S/c1-2-3-4-5-6-7-8-9(10)11;1-5(2,3)4/h2-8H2,1H3,(H3,10,11);1H3,(H,2,3,4). The smallest absolute Gasteiger partial charge is 0.261 e. The molecule has 0 radical (unpaired) electrons. The zero-order valence-corrected chi connectivity index (χ0v) is 11.0. The van der Waals surface area contributed by atoms with Crippen molar-refractivity contribution < 1.29 is 13.0 Å². The minimum Gasteiger partial charge on any atom is -0.388 e. The SMILES string of the molecule is CCCCCCCCC(=N)N.CS(=O)(=O)O. The van der Waals surface area contributed by atoms with E-state index in [1.54, 1.807) is 0 Å². The van der Waals surface area contributed by atoms with E-state index in [1.165, 1.54) is 32.1 Å². The van der Waals surface area contributed by atoms with E-state index in [0.717, 1.165) is 12.8 Å². The summed E-state index contributed by atoms with van der Waals surface area (Å²) in [6.07, 6.45) is 9.13. The van der Waals surface area contributed by atoms with Gasteiger partial charge >= 0.3 is 0 Å². The Morgan fingerprint density at radius 1 is 1.19 bits per heavy atom. The Morgan fingerprint density at radius 3 is 1.94 bits per heavy atom. The van der Waals surface area contributed by atoms with Gasteiger partial charge in [0.1, 0.15) is 0 Å². The quantitative estimate of drug-likeness (QED) is 0.279. The molecule has 0 saturated carbocycles. The maximum absolute atomic E-state index is 9.19. The summed E-state index contributed by atoms with van der Waals surface area (Å²) in [4.78, 5) is 0. The van der Waals surface area contributed by atoms with Crippen LogP contribution in [0.1, 0.15) is 51.9 Å². The second-order valence-electron chi connectivity index (χ2n) is 3.78. The number of nitrogens with one attached hydrogen (secondary N) is 1. The predicted octanol–water partition coefficient (Wildman–Crippen LogP) is 2.18. The highest BCUT2D eigenvalue weighted by Crippen LogP contribution is 2.06. The fourth-order valence-corrected chi connectivity index (χ4v) is 1.10. The zero-order valence-electron chi connectivity index (χ0n) is 10.2. The first-order valence-electron chi connectivity index (χ1n) is 5.52. The van der Waals surface area contributed by atoms with Crippen molar-refractivity contribution in [2.24, 2.45) is 5.73 Å². The molecule has 0 aromatic rings. The van der Waals surface area contributed by atoms with Gasteiger partial charge in [-0.3, -0.25) is 9.96 Å². The van der Waals surface area contributed by atoms with Crippen molar-refractivity contribution >= 4 is 16.0 Å². The molecule has 0 aliphatic heterocycles. The lowest BCUT2D eigenvalue weighted by molar-refractivity contribution is 0.490. The van der Waals surface area contributed by atoms with E-state index in [2.05, 4.69) is 6.92 Å². The Balaban J connectivity index is 0. The van der Waals surface area contributed by atoms with Crippen molar-refractivity contribution in [1.29, 1.82) is 5.41 Å². The van der Waals surface area contributed by atoms with Gasteiger partial charge in [0.2, 0.25) is 0 Å². The van der Waals surface area contributed by atoms with Crippen molar-refractivity contribution in [3.05, 3.63) is 0 Å². The molecule has 0 aromatic carbocycles. The van der Waals surface area contributed by atoms with Gasteiger partial charge in [-0.25, -0.2) is 0 Å². The lowest BCUT2D eigenvalue weighted by Crippen LogP contribution is -2.08. The number of amidine groups is 1. The van der Waals surface area contributed by atoms with E-state index in [9.17, 15) is 8.42 Å². The summed E-state index contributed by atoms with van der Waals surface area (Å²) in [6, 6.07) is 0. The molecule has 0 fully saturated rings. The lowest BCUT2D eigenvalue weighted by atomic mass is 10.1. The van der Waals surface area contributed by atoms with Gasteiger partial charge in [0, 0.05) is 6.42 Å². The third-order valence-corrected chi connectivity index (χ3v) is 1.80. The van der Waals surface area contributed by atoms with Gasteiger partial charge < -0.3 is 5.73 Å². The van der Waals surface area contributed by atoms with Crippen LogP contribution in [-0.4, -0.2) is 25.1 Å². The Morgan fingerprint density at radius 2 is 1.56 bits per heavy atom. The largest absolute Gasteiger partial charge is 0.388 e. The third kappa shape index (κ3) is 37.7. The van der Waals surface area contributed by atoms with Crippen molar-refractivity contribution in [3.63, 3.8) is 0 Å². The van der Waals surface area contributed by atoms with E-state index in [0.29, 0.717) is 12.1 Å². The van der Waals surface area contributed by atoms with Gasteiger partial charge in [0.15, 0.2) is 0 Å². The Kier molecular flexibility index (Phi) is 12.1. The number of hydrogen-bond donors (Lipinski definition) is 3. The number of nitrogens with two attached hydrogens (primary N) is 1. The second kappa shape index (κ2) is 10.9. The first-order chi connectivity index (χ1) is 7.27. The van der Waals surface area contributed by atoms with Crippen molar-refractivity contribution in [2.45, 2.75) is 51.9 Å². The van der Waals surface area contributed by atoms with Crippen LogP contribution in [0.15, 0.2) is 0 Å². The van der Waals surface area contributed by atoms with Crippen LogP contribution in [0, 0.1) is 5.41 Å². The van der Waals surface area contributed by atoms with Gasteiger partial charge in [-0.2, -0.15) is 8.42 Å².